The van der Waals surface area contributed by atoms with Crippen molar-refractivity contribution in [2.45, 2.75) is 24.8 Å². The predicted molar refractivity (Wildman–Crippen MR) is 83.8 cm³/mol. The minimum absolute atomic E-state index is 0.542. The fourth-order valence-electron chi connectivity index (χ4n) is 2.70. The third-order valence-corrected chi connectivity index (χ3v) is 4.16. The predicted octanol–water partition coefficient (Wildman–Crippen LogP) is 4.71. The van der Waals surface area contributed by atoms with E-state index in [1.807, 2.05) is 30.3 Å². The largest absolute Gasteiger partial charge is 0.497 e. The topological polar surface area (TPSA) is 21.3 Å². The molecule has 0 bridgehead atoms. The Labute approximate surface area is 124 Å². The van der Waals surface area contributed by atoms with E-state index in [0.29, 0.717) is 12.0 Å². The van der Waals surface area contributed by atoms with Crippen LogP contribution in [0.15, 0.2) is 48.5 Å². The van der Waals surface area contributed by atoms with E-state index in [-0.39, 0.29) is 0 Å². The first-order valence-corrected chi connectivity index (χ1v) is 7.28. The summed E-state index contributed by atoms with van der Waals surface area (Å²) in [4.78, 5) is 0. The van der Waals surface area contributed by atoms with Gasteiger partial charge in [0.25, 0.3) is 0 Å². The number of methoxy groups -OCH3 is 1. The van der Waals surface area contributed by atoms with E-state index in [9.17, 15) is 0 Å². The molecule has 2 nitrogen and oxygen atoms in total. The van der Waals surface area contributed by atoms with E-state index in [0.717, 1.165) is 16.5 Å². The van der Waals surface area contributed by atoms with Crippen LogP contribution in [0.25, 0.3) is 0 Å². The van der Waals surface area contributed by atoms with Crippen LogP contribution in [-0.2, 0) is 0 Å². The molecule has 3 heteroatoms. The van der Waals surface area contributed by atoms with Crippen molar-refractivity contribution in [3.63, 3.8) is 0 Å². The summed E-state index contributed by atoms with van der Waals surface area (Å²) >= 11 is 5.99. The lowest BCUT2D eigenvalue weighted by molar-refractivity contribution is 0.373. The van der Waals surface area contributed by atoms with Gasteiger partial charge in [0.1, 0.15) is 5.75 Å². The van der Waals surface area contributed by atoms with Crippen molar-refractivity contribution in [2.24, 2.45) is 0 Å². The number of hydrogen-bond acceptors (Lipinski definition) is 2. The Morgan fingerprint density at radius 2 is 1.85 bits per heavy atom. The van der Waals surface area contributed by atoms with E-state index < -0.39 is 0 Å². The average molecular weight is 288 g/mol. The molecule has 0 amide bonds. The second kappa shape index (κ2) is 5.76. The second-order valence-corrected chi connectivity index (χ2v) is 5.73. The van der Waals surface area contributed by atoms with Crippen molar-refractivity contribution in [1.82, 2.24) is 0 Å². The Bertz CT molecular complexity index is 576. The number of benzene rings is 2. The maximum atomic E-state index is 5.99. The summed E-state index contributed by atoms with van der Waals surface area (Å²) in [6, 6.07) is 16.9. The summed E-state index contributed by atoms with van der Waals surface area (Å²) in [5.74, 6) is 1.57. The lowest BCUT2D eigenvalue weighted by Gasteiger charge is -2.37. The normalized spacial score (nSPS) is 21.1. The fraction of sp³-hybridized carbons (Fsp3) is 0.294. The molecule has 1 aliphatic rings. The molecular weight excluding hydrogens is 270 g/mol. The number of rotatable bonds is 4. The van der Waals surface area contributed by atoms with Crippen LogP contribution in [0.1, 0.15) is 24.3 Å². The van der Waals surface area contributed by atoms with Gasteiger partial charge in [-0.1, -0.05) is 29.8 Å². The van der Waals surface area contributed by atoms with Crippen LogP contribution in [0.4, 0.5) is 5.69 Å². The van der Waals surface area contributed by atoms with E-state index in [1.165, 1.54) is 18.4 Å². The molecule has 0 saturated heterocycles. The highest BCUT2D eigenvalue weighted by molar-refractivity contribution is 6.30. The number of nitrogens with one attached hydrogen (secondary N) is 1. The summed E-state index contributed by atoms with van der Waals surface area (Å²) in [5.41, 5.74) is 2.51. The Kier molecular flexibility index (Phi) is 3.83. The minimum atomic E-state index is 0.542. The van der Waals surface area contributed by atoms with Gasteiger partial charge < -0.3 is 10.1 Å². The molecule has 0 atom stereocenters. The van der Waals surface area contributed by atoms with Crippen molar-refractivity contribution in [3.05, 3.63) is 59.1 Å². The van der Waals surface area contributed by atoms with Gasteiger partial charge in [0.05, 0.1) is 7.11 Å². The van der Waals surface area contributed by atoms with Crippen molar-refractivity contribution >= 4 is 17.3 Å². The molecule has 1 aliphatic carbocycles. The number of halogens is 1. The Hall–Kier alpha value is -1.67. The monoisotopic (exact) mass is 287 g/mol. The van der Waals surface area contributed by atoms with Gasteiger partial charge in [0.2, 0.25) is 0 Å². The quantitative estimate of drug-likeness (QED) is 0.879. The number of anilines is 1. The van der Waals surface area contributed by atoms with Gasteiger partial charge in [0, 0.05) is 16.8 Å². The molecule has 0 radical (unpaired) electrons. The summed E-state index contributed by atoms with van der Waals surface area (Å²) in [6.45, 7) is 0. The highest BCUT2D eigenvalue weighted by Crippen LogP contribution is 2.39. The molecule has 0 aromatic heterocycles. The zero-order valence-electron chi connectivity index (χ0n) is 11.5. The third kappa shape index (κ3) is 2.91. The van der Waals surface area contributed by atoms with Crippen molar-refractivity contribution in [1.29, 1.82) is 0 Å². The maximum absolute atomic E-state index is 5.99. The summed E-state index contributed by atoms with van der Waals surface area (Å²) < 4.78 is 5.19. The van der Waals surface area contributed by atoms with Crippen LogP contribution in [0.5, 0.6) is 5.75 Å². The van der Waals surface area contributed by atoms with E-state index in [1.54, 1.807) is 7.11 Å². The molecule has 0 unspecified atom stereocenters. The second-order valence-electron chi connectivity index (χ2n) is 5.29. The number of ether oxygens (including phenoxy) is 1. The third-order valence-electron chi connectivity index (χ3n) is 3.92. The smallest absolute Gasteiger partial charge is 0.118 e. The van der Waals surface area contributed by atoms with Crippen LogP contribution < -0.4 is 10.1 Å². The van der Waals surface area contributed by atoms with Crippen LogP contribution in [0, 0.1) is 0 Å². The summed E-state index contributed by atoms with van der Waals surface area (Å²) in [6.07, 6.45) is 2.33. The molecule has 0 heterocycles. The summed E-state index contributed by atoms with van der Waals surface area (Å²) in [7, 11) is 1.70. The highest BCUT2D eigenvalue weighted by Gasteiger charge is 2.30. The van der Waals surface area contributed by atoms with E-state index in [4.69, 9.17) is 16.3 Å². The van der Waals surface area contributed by atoms with Crippen LogP contribution in [0.3, 0.4) is 0 Å². The zero-order valence-corrected chi connectivity index (χ0v) is 12.2. The average Bonchev–Trinajstić information content (AvgIpc) is 2.43. The first-order valence-electron chi connectivity index (χ1n) is 6.90. The molecule has 0 aliphatic heterocycles. The Morgan fingerprint density at radius 3 is 2.50 bits per heavy atom. The van der Waals surface area contributed by atoms with Crippen LogP contribution in [-0.4, -0.2) is 13.2 Å². The summed E-state index contributed by atoms with van der Waals surface area (Å²) in [5, 5.41) is 4.31. The van der Waals surface area contributed by atoms with Gasteiger partial charge in [-0.05, 0) is 54.7 Å². The molecule has 2 aromatic carbocycles. The first-order chi connectivity index (χ1) is 9.74. The number of hydrogen-bond donors (Lipinski definition) is 1. The highest BCUT2D eigenvalue weighted by atomic mass is 35.5. The van der Waals surface area contributed by atoms with E-state index in [2.05, 4.69) is 23.5 Å². The molecule has 20 heavy (non-hydrogen) atoms. The SMILES string of the molecule is COc1ccc(C2CC(Nc3cccc(Cl)c3)C2)cc1. The molecule has 3 rings (SSSR count). The molecule has 1 saturated carbocycles. The lowest BCUT2D eigenvalue weighted by Crippen LogP contribution is -2.33. The van der Waals surface area contributed by atoms with Gasteiger partial charge >= 0.3 is 0 Å². The zero-order chi connectivity index (χ0) is 13.9. The van der Waals surface area contributed by atoms with Crippen molar-refractivity contribution < 1.29 is 4.74 Å². The van der Waals surface area contributed by atoms with Crippen molar-refractivity contribution in [3.8, 4) is 5.75 Å². The fourth-order valence-corrected chi connectivity index (χ4v) is 2.89. The van der Waals surface area contributed by atoms with Gasteiger partial charge in [0.15, 0.2) is 0 Å². The first kappa shape index (κ1) is 13.3. The van der Waals surface area contributed by atoms with Gasteiger partial charge in [-0.3, -0.25) is 0 Å². The van der Waals surface area contributed by atoms with Crippen LogP contribution >= 0.6 is 11.6 Å². The molecule has 2 aromatic rings. The van der Waals surface area contributed by atoms with Crippen LogP contribution in [0.2, 0.25) is 5.02 Å². The molecule has 1 fully saturated rings. The Balaban J connectivity index is 1.55. The molecule has 0 spiro atoms. The Morgan fingerprint density at radius 1 is 1.10 bits per heavy atom. The lowest BCUT2D eigenvalue weighted by atomic mass is 9.76. The van der Waals surface area contributed by atoms with Gasteiger partial charge in [-0.2, -0.15) is 0 Å². The van der Waals surface area contributed by atoms with Gasteiger partial charge in [-0.25, -0.2) is 0 Å². The standard InChI is InChI=1S/C17H18ClNO/c1-20-17-7-5-12(6-8-17)13-9-16(10-13)19-15-4-2-3-14(18)11-15/h2-8,11,13,16,19H,9-10H2,1H3. The minimum Gasteiger partial charge on any atom is -0.497 e. The van der Waals surface area contributed by atoms with Crippen molar-refractivity contribution in [2.75, 3.05) is 12.4 Å². The maximum Gasteiger partial charge on any atom is 0.118 e. The van der Waals surface area contributed by atoms with E-state index >= 15 is 0 Å². The molecule has 104 valence electrons. The molecule has 1 N–H and O–H groups in total. The molecular formula is C17H18ClNO. The van der Waals surface area contributed by atoms with Gasteiger partial charge in [-0.15, -0.1) is 0 Å².